The van der Waals surface area contributed by atoms with Crippen molar-refractivity contribution >= 4 is 23.4 Å². The molecule has 0 bridgehead atoms. The largest absolute Gasteiger partial charge is 0.446 e. The van der Waals surface area contributed by atoms with Crippen LogP contribution in [0.5, 0.6) is 0 Å². The molecule has 38 heavy (non-hydrogen) atoms. The second-order valence-corrected chi connectivity index (χ2v) is 14.6. The highest BCUT2D eigenvalue weighted by molar-refractivity contribution is 6.30. The predicted octanol–water partition coefficient (Wildman–Crippen LogP) is 10.3. The zero-order valence-corrected chi connectivity index (χ0v) is 25.2. The number of hydrogen-bond donors (Lipinski definition) is 1. The Balaban J connectivity index is 1.22. The van der Waals surface area contributed by atoms with Crippen LogP contribution in [0, 0.1) is 46.3 Å². The van der Waals surface area contributed by atoms with Crippen molar-refractivity contribution in [2.24, 2.45) is 46.3 Å². The molecule has 1 aromatic rings. The molecule has 0 heterocycles. The molecular weight excluding hydrogens is 490 g/mol. The lowest BCUT2D eigenvalue weighted by atomic mass is 9.47. The minimum absolute atomic E-state index is 0.0403. The Kier molecular flexibility index (Phi) is 8.26. The SMILES string of the molecule is CC(C)CCC[C@H](C)[C@@H]1CC[C@H]2[C@H]3CC=C4C[C@@H](OC(=O)Nc5cccc(Cl)c5)CC[C@]4(C)[C@@H]3CC[C@@]21C. The van der Waals surface area contributed by atoms with Crippen LogP contribution in [0.25, 0.3) is 0 Å². The fourth-order valence-electron chi connectivity index (χ4n) is 9.62. The first-order valence-corrected chi connectivity index (χ1v) is 15.9. The summed E-state index contributed by atoms with van der Waals surface area (Å²) in [5, 5.41) is 3.46. The van der Waals surface area contributed by atoms with Crippen LogP contribution >= 0.6 is 11.6 Å². The molecule has 1 aromatic carbocycles. The molecule has 4 aliphatic carbocycles. The molecule has 1 amide bonds. The molecule has 0 unspecified atom stereocenters. The Morgan fingerprint density at radius 2 is 1.89 bits per heavy atom. The molecule has 8 atom stereocenters. The highest BCUT2D eigenvalue weighted by Gasteiger charge is 2.59. The average Bonchev–Trinajstić information content (AvgIpc) is 3.21. The monoisotopic (exact) mass is 539 g/mol. The number of rotatable bonds is 7. The fraction of sp³-hybridized carbons (Fsp3) is 0.735. The molecule has 3 fully saturated rings. The van der Waals surface area contributed by atoms with Crippen molar-refractivity contribution in [3.8, 4) is 0 Å². The molecule has 0 aromatic heterocycles. The van der Waals surface area contributed by atoms with Gasteiger partial charge in [-0.2, -0.15) is 0 Å². The molecule has 4 aliphatic rings. The lowest BCUT2D eigenvalue weighted by Crippen LogP contribution is -2.51. The van der Waals surface area contributed by atoms with Gasteiger partial charge in [0.15, 0.2) is 0 Å². The van der Waals surface area contributed by atoms with Crippen LogP contribution in [0.4, 0.5) is 10.5 Å². The van der Waals surface area contributed by atoms with Crippen LogP contribution < -0.4 is 5.32 Å². The van der Waals surface area contributed by atoms with Gasteiger partial charge in [0.25, 0.3) is 0 Å². The van der Waals surface area contributed by atoms with Gasteiger partial charge in [-0.25, -0.2) is 4.79 Å². The zero-order chi connectivity index (χ0) is 27.1. The maximum Gasteiger partial charge on any atom is 0.411 e. The van der Waals surface area contributed by atoms with Gasteiger partial charge in [0, 0.05) is 17.1 Å². The third-order valence-electron chi connectivity index (χ3n) is 11.6. The van der Waals surface area contributed by atoms with Crippen LogP contribution in [-0.4, -0.2) is 12.2 Å². The Hall–Kier alpha value is -1.48. The van der Waals surface area contributed by atoms with Crippen LogP contribution in [0.15, 0.2) is 35.9 Å². The van der Waals surface area contributed by atoms with E-state index in [0.717, 1.165) is 54.8 Å². The number of amides is 1. The van der Waals surface area contributed by atoms with Crippen molar-refractivity contribution in [2.45, 2.75) is 111 Å². The Morgan fingerprint density at radius 1 is 1.08 bits per heavy atom. The number of anilines is 1. The van der Waals surface area contributed by atoms with Crippen LogP contribution in [0.3, 0.4) is 0 Å². The molecule has 5 rings (SSSR count). The van der Waals surface area contributed by atoms with E-state index in [-0.39, 0.29) is 17.6 Å². The minimum Gasteiger partial charge on any atom is -0.446 e. The van der Waals surface area contributed by atoms with Gasteiger partial charge >= 0.3 is 6.09 Å². The first-order valence-electron chi connectivity index (χ1n) is 15.5. The van der Waals surface area contributed by atoms with E-state index >= 15 is 0 Å². The lowest BCUT2D eigenvalue weighted by Gasteiger charge is -2.58. The van der Waals surface area contributed by atoms with Crippen molar-refractivity contribution in [2.75, 3.05) is 5.32 Å². The quantitative estimate of drug-likeness (QED) is 0.350. The summed E-state index contributed by atoms with van der Waals surface area (Å²) in [5.41, 5.74) is 3.04. The van der Waals surface area contributed by atoms with Crippen molar-refractivity contribution in [3.05, 3.63) is 40.9 Å². The molecular formula is C34H50ClNO2. The summed E-state index contributed by atoms with van der Waals surface area (Å²) >= 11 is 6.06. The van der Waals surface area contributed by atoms with Gasteiger partial charge in [0.05, 0.1) is 0 Å². The number of hydrogen-bond acceptors (Lipinski definition) is 2. The zero-order valence-electron chi connectivity index (χ0n) is 24.4. The standard InChI is InChI=1S/C34H50ClNO2/c1-22(2)8-6-9-23(3)29-14-15-30-28-13-12-24-20-27(38-32(37)36-26-11-7-10-25(35)21-26)16-18-33(24,4)31(28)17-19-34(29,30)5/h7,10-12,21-23,27-31H,6,8-9,13-20H2,1-5H3,(H,36,37)/t23-,27-,28+,29-,30-,31+,33-,34+/m0/s1. The van der Waals surface area contributed by atoms with E-state index in [1.165, 1.54) is 51.4 Å². The Bertz CT molecular complexity index is 1040. The molecule has 3 nitrogen and oxygen atoms in total. The van der Waals surface area contributed by atoms with Gasteiger partial charge in [-0.05, 0) is 109 Å². The minimum atomic E-state index is -0.372. The first-order chi connectivity index (χ1) is 18.1. The summed E-state index contributed by atoms with van der Waals surface area (Å²) in [6.45, 7) is 12.5. The normalized spacial score (nSPS) is 37.0. The fourth-order valence-corrected chi connectivity index (χ4v) is 9.81. The molecule has 210 valence electrons. The second-order valence-electron chi connectivity index (χ2n) is 14.2. The summed E-state index contributed by atoms with van der Waals surface area (Å²) in [6.07, 6.45) is 16.2. The lowest BCUT2D eigenvalue weighted by molar-refractivity contribution is -0.0577. The highest BCUT2D eigenvalue weighted by atomic mass is 35.5. The van der Waals surface area contributed by atoms with E-state index in [1.807, 2.05) is 12.1 Å². The Morgan fingerprint density at radius 3 is 2.66 bits per heavy atom. The van der Waals surface area contributed by atoms with E-state index < -0.39 is 0 Å². The first kappa shape index (κ1) is 28.1. The van der Waals surface area contributed by atoms with Crippen molar-refractivity contribution in [3.63, 3.8) is 0 Å². The molecule has 1 N–H and O–H groups in total. The predicted molar refractivity (Wildman–Crippen MR) is 158 cm³/mol. The van der Waals surface area contributed by atoms with E-state index in [1.54, 1.807) is 17.7 Å². The summed E-state index contributed by atoms with van der Waals surface area (Å²) in [5.74, 6) is 5.09. The number of fused-ring (bicyclic) bond motifs is 5. The third-order valence-corrected chi connectivity index (χ3v) is 11.8. The van der Waals surface area contributed by atoms with Crippen LogP contribution in [0.2, 0.25) is 5.02 Å². The van der Waals surface area contributed by atoms with Gasteiger partial charge in [0.1, 0.15) is 6.10 Å². The molecule has 0 saturated heterocycles. The van der Waals surface area contributed by atoms with Gasteiger partial charge in [-0.15, -0.1) is 0 Å². The van der Waals surface area contributed by atoms with Crippen LogP contribution in [-0.2, 0) is 4.74 Å². The van der Waals surface area contributed by atoms with Crippen LogP contribution in [0.1, 0.15) is 105 Å². The number of carbonyl (C=O) groups is 1. The number of nitrogens with one attached hydrogen (secondary N) is 1. The van der Waals surface area contributed by atoms with E-state index in [4.69, 9.17) is 16.3 Å². The summed E-state index contributed by atoms with van der Waals surface area (Å²) in [6, 6.07) is 7.23. The summed E-state index contributed by atoms with van der Waals surface area (Å²) < 4.78 is 5.90. The number of benzene rings is 1. The maximum absolute atomic E-state index is 12.6. The van der Waals surface area contributed by atoms with Gasteiger partial charge < -0.3 is 4.74 Å². The van der Waals surface area contributed by atoms with Crippen molar-refractivity contribution < 1.29 is 9.53 Å². The molecule has 0 radical (unpaired) electrons. The average molecular weight is 540 g/mol. The van der Waals surface area contributed by atoms with E-state index in [0.29, 0.717) is 16.1 Å². The second kappa shape index (κ2) is 11.2. The number of carbonyl (C=O) groups excluding carboxylic acids is 1. The Labute approximate surface area is 236 Å². The third kappa shape index (κ3) is 5.43. The number of allylic oxidation sites excluding steroid dienone is 1. The van der Waals surface area contributed by atoms with Gasteiger partial charge in [-0.3, -0.25) is 5.32 Å². The summed E-state index contributed by atoms with van der Waals surface area (Å²) in [4.78, 5) is 12.6. The molecule has 3 saturated carbocycles. The molecule has 0 spiro atoms. The summed E-state index contributed by atoms with van der Waals surface area (Å²) in [7, 11) is 0. The topological polar surface area (TPSA) is 38.3 Å². The van der Waals surface area contributed by atoms with Gasteiger partial charge in [0.2, 0.25) is 0 Å². The molecule has 0 aliphatic heterocycles. The highest BCUT2D eigenvalue weighted by Crippen LogP contribution is 2.67. The van der Waals surface area contributed by atoms with E-state index in [9.17, 15) is 4.79 Å². The maximum atomic E-state index is 12.6. The number of halogens is 1. The number of ether oxygens (including phenoxy) is 1. The molecule has 4 heteroatoms. The van der Waals surface area contributed by atoms with Crippen molar-refractivity contribution in [1.29, 1.82) is 0 Å². The van der Waals surface area contributed by atoms with E-state index in [2.05, 4.69) is 46.0 Å². The van der Waals surface area contributed by atoms with Gasteiger partial charge in [-0.1, -0.05) is 83.2 Å². The smallest absolute Gasteiger partial charge is 0.411 e. The van der Waals surface area contributed by atoms with Crippen molar-refractivity contribution in [1.82, 2.24) is 0 Å².